The molecule has 0 unspecified atom stereocenters. The van der Waals surface area contributed by atoms with Crippen molar-refractivity contribution in [2.45, 2.75) is 13.5 Å². The van der Waals surface area contributed by atoms with E-state index in [1.165, 1.54) is 17.7 Å². The predicted octanol–water partition coefficient (Wildman–Crippen LogP) is 5.27. The molecule has 0 aliphatic carbocycles. The Morgan fingerprint density at radius 3 is 2.56 bits per heavy atom. The van der Waals surface area contributed by atoms with Gasteiger partial charge in [-0.25, -0.2) is 4.39 Å². The topological polar surface area (TPSA) is 12.0 Å². The fourth-order valence-electron chi connectivity index (χ4n) is 1.58. The molecular weight excluding hydrogens is 361 g/mol. The second-order valence-corrected chi connectivity index (χ2v) is 5.77. The van der Waals surface area contributed by atoms with E-state index in [0.717, 1.165) is 20.2 Å². The Bertz CT molecular complexity index is 570. The highest BCUT2D eigenvalue weighted by atomic mass is 79.9. The smallest absolute Gasteiger partial charge is 0.125 e. The molecule has 0 fully saturated rings. The lowest BCUT2D eigenvalue weighted by Crippen LogP contribution is -2.00. The maximum atomic E-state index is 13.1. The van der Waals surface area contributed by atoms with Gasteiger partial charge in [-0.1, -0.05) is 28.1 Å². The molecule has 94 valence electrons. The Kier molecular flexibility index (Phi) is 4.40. The van der Waals surface area contributed by atoms with Crippen LogP contribution < -0.4 is 5.32 Å². The standard InChI is InChI=1S/C14H12Br2FN/c1-9-2-3-10(6-13(9)16)8-18-14-7-11(17)4-5-12(14)15/h2-7,18H,8H2,1H3. The summed E-state index contributed by atoms with van der Waals surface area (Å²) in [7, 11) is 0. The summed E-state index contributed by atoms with van der Waals surface area (Å²) in [5.74, 6) is -0.245. The predicted molar refractivity (Wildman–Crippen MR) is 80.3 cm³/mol. The first kappa shape index (κ1) is 13.6. The highest BCUT2D eigenvalue weighted by Crippen LogP contribution is 2.24. The quantitative estimate of drug-likeness (QED) is 0.773. The average molecular weight is 373 g/mol. The third kappa shape index (κ3) is 3.33. The summed E-state index contributed by atoms with van der Waals surface area (Å²) in [4.78, 5) is 0. The summed E-state index contributed by atoms with van der Waals surface area (Å²) in [6.07, 6.45) is 0. The summed E-state index contributed by atoms with van der Waals surface area (Å²) in [5.41, 5.74) is 3.10. The van der Waals surface area contributed by atoms with Crippen molar-refractivity contribution >= 4 is 37.5 Å². The molecule has 0 radical (unpaired) electrons. The van der Waals surface area contributed by atoms with E-state index in [1.54, 1.807) is 6.07 Å². The summed E-state index contributed by atoms with van der Waals surface area (Å²) in [5, 5.41) is 3.21. The molecule has 0 saturated carbocycles. The molecule has 0 saturated heterocycles. The number of aryl methyl sites for hydroxylation is 1. The van der Waals surface area contributed by atoms with Crippen molar-refractivity contribution in [3.05, 3.63) is 62.3 Å². The highest BCUT2D eigenvalue weighted by molar-refractivity contribution is 9.10. The van der Waals surface area contributed by atoms with E-state index in [1.807, 2.05) is 6.92 Å². The van der Waals surface area contributed by atoms with Crippen molar-refractivity contribution in [1.29, 1.82) is 0 Å². The van der Waals surface area contributed by atoms with Crippen LogP contribution in [0.2, 0.25) is 0 Å². The molecule has 4 heteroatoms. The molecule has 2 aromatic carbocycles. The second-order valence-electron chi connectivity index (χ2n) is 4.06. The van der Waals surface area contributed by atoms with E-state index in [-0.39, 0.29) is 5.82 Å². The number of benzene rings is 2. The van der Waals surface area contributed by atoms with Crippen LogP contribution in [0.4, 0.5) is 10.1 Å². The fraction of sp³-hybridized carbons (Fsp3) is 0.143. The van der Waals surface area contributed by atoms with E-state index in [9.17, 15) is 4.39 Å². The molecule has 2 rings (SSSR count). The van der Waals surface area contributed by atoms with Crippen molar-refractivity contribution in [2.24, 2.45) is 0 Å². The lowest BCUT2D eigenvalue weighted by molar-refractivity contribution is 0.628. The minimum Gasteiger partial charge on any atom is -0.380 e. The number of anilines is 1. The van der Waals surface area contributed by atoms with Crippen LogP contribution >= 0.6 is 31.9 Å². The number of hydrogen-bond acceptors (Lipinski definition) is 1. The fourth-order valence-corrected chi connectivity index (χ4v) is 2.39. The molecule has 0 bridgehead atoms. The largest absolute Gasteiger partial charge is 0.380 e. The van der Waals surface area contributed by atoms with Gasteiger partial charge in [0.25, 0.3) is 0 Å². The number of halogens is 3. The third-order valence-corrected chi connectivity index (χ3v) is 4.19. The Balaban J connectivity index is 2.11. The summed E-state index contributed by atoms with van der Waals surface area (Å²) < 4.78 is 15.1. The van der Waals surface area contributed by atoms with Gasteiger partial charge >= 0.3 is 0 Å². The summed E-state index contributed by atoms with van der Waals surface area (Å²) >= 11 is 6.89. The van der Waals surface area contributed by atoms with E-state index in [4.69, 9.17) is 0 Å². The lowest BCUT2D eigenvalue weighted by atomic mass is 10.1. The van der Waals surface area contributed by atoms with Crippen molar-refractivity contribution in [3.8, 4) is 0 Å². The molecule has 0 aliphatic heterocycles. The summed E-state index contributed by atoms with van der Waals surface area (Å²) in [6.45, 7) is 2.70. The van der Waals surface area contributed by atoms with Gasteiger partial charge < -0.3 is 5.32 Å². The molecule has 0 spiro atoms. The third-order valence-electron chi connectivity index (χ3n) is 2.65. The zero-order chi connectivity index (χ0) is 13.1. The van der Waals surface area contributed by atoms with Gasteiger partial charge in [-0.05, 0) is 58.2 Å². The van der Waals surface area contributed by atoms with Crippen molar-refractivity contribution in [3.63, 3.8) is 0 Å². The average Bonchev–Trinajstić information content (AvgIpc) is 2.34. The molecule has 2 aromatic rings. The minimum absolute atomic E-state index is 0.245. The van der Waals surface area contributed by atoms with E-state index >= 15 is 0 Å². The van der Waals surface area contributed by atoms with Gasteiger partial charge in [0.2, 0.25) is 0 Å². The number of hydrogen-bond donors (Lipinski definition) is 1. The maximum Gasteiger partial charge on any atom is 0.125 e. The van der Waals surface area contributed by atoms with Crippen LogP contribution in [0.3, 0.4) is 0 Å². The molecular formula is C14H12Br2FN. The zero-order valence-electron chi connectivity index (χ0n) is 9.81. The second kappa shape index (κ2) is 5.85. The Morgan fingerprint density at radius 1 is 1.06 bits per heavy atom. The molecule has 0 heterocycles. The van der Waals surface area contributed by atoms with Crippen LogP contribution in [0.15, 0.2) is 45.3 Å². The van der Waals surface area contributed by atoms with Crippen molar-refractivity contribution < 1.29 is 4.39 Å². The van der Waals surface area contributed by atoms with Crippen molar-refractivity contribution in [1.82, 2.24) is 0 Å². The maximum absolute atomic E-state index is 13.1. The van der Waals surface area contributed by atoms with Crippen LogP contribution in [0.25, 0.3) is 0 Å². The molecule has 0 atom stereocenters. The monoisotopic (exact) mass is 371 g/mol. The van der Waals surface area contributed by atoms with E-state index < -0.39 is 0 Å². The van der Waals surface area contributed by atoms with Crippen LogP contribution in [0.5, 0.6) is 0 Å². The number of rotatable bonds is 3. The van der Waals surface area contributed by atoms with Gasteiger partial charge in [-0.2, -0.15) is 0 Å². The minimum atomic E-state index is -0.245. The first-order chi connectivity index (χ1) is 8.56. The van der Waals surface area contributed by atoms with E-state index in [2.05, 4.69) is 55.4 Å². The van der Waals surface area contributed by atoms with Crippen LogP contribution in [0.1, 0.15) is 11.1 Å². The van der Waals surface area contributed by atoms with Crippen LogP contribution in [-0.4, -0.2) is 0 Å². The molecule has 1 N–H and O–H groups in total. The molecule has 1 nitrogen and oxygen atoms in total. The zero-order valence-corrected chi connectivity index (χ0v) is 13.0. The van der Waals surface area contributed by atoms with Gasteiger partial charge in [0.1, 0.15) is 5.82 Å². The normalized spacial score (nSPS) is 10.4. The van der Waals surface area contributed by atoms with Crippen LogP contribution in [0, 0.1) is 12.7 Å². The molecule has 0 aromatic heterocycles. The lowest BCUT2D eigenvalue weighted by Gasteiger charge is -2.09. The highest BCUT2D eigenvalue weighted by Gasteiger charge is 2.02. The SMILES string of the molecule is Cc1ccc(CNc2cc(F)ccc2Br)cc1Br. The van der Waals surface area contributed by atoms with Crippen LogP contribution in [-0.2, 0) is 6.54 Å². The van der Waals surface area contributed by atoms with Gasteiger partial charge in [0.05, 0.1) is 5.69 Å². The molecule has 0 aliphatic rings. The van der Waals surface area contributed by atoms with Gasteiger partial charge in [-0.3, -0.25) is 0 Å². The Labute approximate surface area is 123 Å². The Morgan fingerprint density at radius 2 is 1.83 bits per heavy atom. The van der Waals surface area contributed by atoms with Gasteiger partial charge in [-0.15, -0.1) is 0 Å². The summed E-state index contributed by atoms with van der Waals surface area (Å²) in [6, 6.07) is 10.8. The van der Waals surface area contributed by atoms with E-state index in [0.29, 0.717) is 6.54 Å². The molecule has 0 amide bonds. The number of nitrogens with one attached hydrogen (secondary N) is 1. The first-order valence-electron chi connectivity index (χ1n) is 5.50. The Hall–Kier alpha value is -0.870. The van der Waals surface area contributed by atoms with Gasteiger partial charge in [0, 0.05) is 15.5 Å². The molecule has 18 heavy (non-hydrogen) atoms. The van der Waals surface area contributed by atoms with Gasteiger partial charge in [0.15, 0.2) is 0 Å². The first-order valence-corrected chi connectivity index (χ1v) is 7.09. The van der Waals surface area contributed by atoms with Crippen molar-refractivity contribution in [2.75, 3.05) is 5.32 Å².